The van der Waals surface area contributed by atoms with Crippen LogP contribution < -0.4 is 5.32 Å². The minimum absolute atomic E-state index is 0.0741. The number of hydrogen-bond donors (Lipinski definition) is 1. The first kappa shape index (κ1) is 18.4. The minimum atomic E-state index is -0.195. The molecule has 1 N–H and O–H groups in total. The quantitative estimate of drug-likeness (QED) is 0.652. The zero-order valence-electron chi connectivity index (χ0n) is 15.7. The smallest absolute Gasteiger partial charge is 0.233 e. The number of likely N-dealkylation sites (tertiary alicyclic amines) is 1. The van der Waals surface area contributed by atoms with Crippen molar-refractivity contribution in [2.75, 3.05) is 11.9 Å². The standard InChI is InChI=1S/C21H26N2O3/c1-13-11-14(2)19(15(3)12-13)22-18(24)9-6-10-23-20(25)16-7-4-5-8-17(16)21(23)26/h4-5,11-12,16-17H,6-10H2,1-3H3,(H,22,24)/t16-,17-/m0/s1. The summed E-state index contributed by atoms with van der Waals surface area (Å²) in [6.07, 6.45) is 6.04. The number of aryl methyl sites for hydroxylation is 3. The molecule has 1 aliphatic carbocycles. The first-order valence-electron chi connectivity index (χ1n) is 9.26. The van der Waals surface area contributed by atoms with E-state index in [0.717, 1.165) is 16.8 Å². The highest BCUT2D eigenvalue weighted by molar-refractivity contribution is 6.05. The van der Waals surface area contributed by atoms with Gasteiger partial charge in [-0.1, -0.05) is 29.8 Å². The number of hydrogen-bond acceptors (Lipinski definition) is 3. The second-order valence-corrected chi connectivity index (χ2v) is 7.41. The van der Waals surface area contributed by atoms with E-state index in [2.05, 4.69) is 5.32 Å². The summed E-state index contributed by atoms with van der Waals surface area (Å²) < 4.78 is 0. The van der Waals surface area contributed by atoms with Crippen molar-refractivity contribution < 1.29 is 14.4 Å². The summed E-state index contributed by atoms with van der Waals surface area (Å²) in [6, 6.07) is 4.08. The molecule has 2 aliphatic rings. The number of carbonyl (C=O) groups excluding carboxylic acids is 3. The van der Waals surface area contributed by atoms with E-state index < -0.39 is 0 Å². The molecule has 1 aliphatic heterocycles. The molecule has 1 fully saturated rings. The molecule has 0 spiro atoms. The van der Waals surface area contributed by atoms with Gasteiger partial charge in [-0.15, -0.1) is 0 Å². The van der Waals surface area contributed by atoms with Crippen LogP contribution in [-0.2, 0) is 14.4 Å². The van der Waals surface area contributed by atoms with Crippen LogP contribution in [-0.4, -0.2) is 29.2 Å². The summed E-state index contributed by atoms with van der Waals surface area (Å²) in [5.41, 5.74) is 4.10. The van der Waals surface area contributed by atoms with Crippen molar-refractivity contribution >= 4 is 23.4 Å². The first-order chi connectivity index (χ1) is 12.4. The van der Waals surface area contributed by atoms with Gasteiger partial charge >= 0.3 is 0 Å². The number of fused-ring (bicyclic) bond motifs is 1. The van der Waals surface area contributed by atoms with E-state index in [1.54, 1.807) is 0 Å². The van der Waals surface area contributed by atoms with Crippen LogP contribution in [0.25, 0.3) is 0 Å². The number of imide groups is 1. The second kappa shape index (κ2) is 7.44. The monoisotopic (exact) mass is 354 g/mol. The third-order valence-corrected chi connectivity index (χ3v) is 5.33. The Labute approximate surface area is 154 Å². The molecule has 5 heteroatoms. The molecule has 5 nitrogen and oxygen atoms in total. The van der Waals surface area contributed by atoms with Crippen molar-refractivity contribution in [2.24, 2.45) is 11.8 Å². The fourth-order valence-electron chi connectivity index (χ4n) is 4.07. The molecular weight excluding hydrogens is 328 g/mol. The van der Waals surface area contributed by atoms with Gasteiger partial charge in [-0.3, -0.25) is 19.3 Å². The molecule has 138 valence electrons. The summed E-state index contributed by atoms with van der Waals surface area (Å²) >= 11 is 0. The fourth-order valence-corrected chi connectivity index (χ4v) is 4.07. The van der Waals surface area contributed by atoms with Gasteiger partial charge in [0.1, 0.15) is 0 Å². The van der Waals surface area contributed by atoms with Crippen molar-refractivity contribution in [1.82, 2.24) is 4.90 Å². The average Bonchev–Trinajstić information content (AvgIpc) is 2.83. The van der Waals surface area contributed by atoms with Gasteiger partial charge in [-0.25, -0.2) is 0 Å². The number of carbonyl (C=O) groups is 3. The van der Waals surface area contributed by atoms with E-state index in [-0.39, 0.29) is 36.0 Å². The van der Waals surface area contributed by atoms with Gasteiger partial charge in [-0.2, -0.15) is 0 Å². The van der Waals surface area contributed by atoms with Gasteiger partial charge in [0.2, 0.25) is 17.7 Å². The van der Waals surface area contributed by atoms with Crippen molar-refractivity contribution in [3.63, 3.8) is 0 Å². The molecule has 1 heterocycles. The third-order valence-electron chi connectivity index (χ3n) is 5.33. The minimum Gasteiger partial charge on any atom is -0.326 e. The SMILES string of the molecule is Cc1cc(C)c(NC(=O)CCCN2C(=O)[C@H]3CC=CC[C@@H]3C2=O)c(C)c1. The highest BCUT2D eigenvalue weighted by Crippen LogP contribution is 2.35. The van der Waals surface area contributed by atoms with Crippen LogP contribution in [0.5, 0.6) is 0 Å². The summed E-state index contributed by atoms with van der Waals surface area (Å²) in [5.74, 6) is -0.624. The Bertz CT molecular complexity index is 732. The zero-order valence-corrected chi connectivity index (χ0v) is 15.7. The third kappa shape index (κ3) is 3.57. The highest BCUT2D eigenvalue weighted by Gasteiger charge is 2.46. The molecule has 3 amide bonds. The Balaban J connectivity index is 1.53. The molecule has 1 aromatic rings. The number of amides is 3. The molecule has 1 saturated heterocycles. The van der Waals surface area contributed by atoms with E-state index in [9.17, 15) is 14.4 Å². The van der Waals surface area contributed by atoms with Gasteiger partial charge in [0.25, 0.3) is 0 Å². The molecule has 0 bridgehead atoms. The van der Waals surface area contributed by atoms with Gasteiger partial charge in [0.15, 0.2) is 0 Å². The van der Waals surface area contributed by atoms with Crippen LogP contribution >= 0.6 is 0 Å². The van der Waals surface area contributed by atoms with E-state index in [4.69, 9.17) is 0 Å². The summed E-state index contributed by atoms with van der Waals surface area (Å²) in [7, 11) is 0. The fraction of sp³-hybridized carbons (Fsp3) is 0.476. The van der Waals surface area contributed by atoms with E-state index in [1.165, 1.54) is 10.5 Å². The lowest BCUT2D eigenvalue weighted by Gasteiger charge is -2.15. The van der Waals surface area contributed by atoms with Crippen molar-refractivity contribution in [3.05, 3.63) is 41.0 Å². The summed E-state index contributed by atoms with van der Waals surface area (Å²) in [4.78, 5) is 38.5. The van der Waals surface area contributed by atoms with Gasteiger partial charge in [0.05, 0.1) is 11.8 Å². The van der Waals surface area contributed by atoms with Crippen LogP contribution in [0.1, 0.15) is 42.4 Å². The van der Waals surface area contributed by atoms with Gasteiger partial charge in [0, 0.05) is 18.7 Å². The normalized spacial score (nSPS) is 21.9. The van der Waals surface area contributed by atoms with E-state index in [0.29, 0.717) is 25.8 Å². The van der Waals surface area contributed by atoms with E-state index in [1.807, 2.05) is 45.1 Å². The molecular formula is C21H26N2O3. The first-order valence-corrected chi connectivity index (χ1v) is 9.26. The Morgan fingerprint density at radius 3 is 2.12 bits per heavy atom. The molecule has 1 aromatic carbocycles. The average molecular weight is 354 g/mol. The maximum absolute atomic E-state index is 12.4. The predicted octanol–water partition coefficient (Wildman–Crippen LogP) is 3.28. The van der Waals surface area contributed by atoms with Crippen LogP contribution in [0.3, 0.4) is 0 Å². The van der Waals surface area contributed by atoms with Crippen LogP contribution in [0.2, 0.25) is 0 Å². The van der Waals surface area contributed by atoms with Gasteiger partial charge in [-0.05, 0) is 51.2 Å². The Kier molecular flexibility index (Phi) is 5.25. The van der Waals surface area contributed by atoms with Crippen LogP contribution in [0, 0.1) is 32.6 Å². The Hall–Kier alpha value is -2.43. The Morgan fingerprint density at radius 2 is 1.58 bits per heavy atom. The largest absolute Gasteiger partial charge is 0.326 e. The lowest BCUT2D eigenvalue weighted by Crippen LogP contribution is -2.32. The van der Waals surface area contributed by atoms with Crippen molar-refractivity contribution in [3.8, 4) is 0 Å². The maximum Gasteiger partial charge on any atom is 0.233 e. The zero-order chi connectivity index (χ0) is 18.8. The number of nitrogens with one attached hydrogen (secondary N) is 1. The number of allylic oxidation sites excluding steroid dienone is 2. The van der Waals surface area contributed by atoms with Crippen molar-refractivity contribution in [1.29, 1.82) is 0 Å². The van der Waals surface area contributed by atoms with Crippen LogP contribution in [0.4, 0.5) is 5.69 Å². The molecule has 26 heavy (non-hydrogen) atoms. The molecule has 0 saturated carbocycles. The molecule has 2 atom stereocenters. The molecule has 0 radical (unpaired) electrons. The predicted molar refractivity (Wildman–Crippen MR) is 101 cm³/mol. The molecule has 0 aromatic heterocycles. The van der Waals surface area contributed by atoms with E-state index >= 15 is 0 Å². The number of rotatable bonds is 5. The summed E-state index contributed by atoms with van der Waals surface area (Å²) in [6.45, 7) is 6.31. The second-order valence-electron chi connectivity index (χ2n) is 7.41. The number of anilines is 1. The Morgan fingerprint density at radius 1 is 1.04 bits per heavy atom. The molecule has 0 unspecified atom stereocenters. The lowest BCUT2D eigenvalue weighted by molar-refractivity contribution is -0.140. The van der Waals surface area contributed by atoms with Gasteiger partial charge < -0.3 is 5.32 Å². The number of benzene rings is 1. The molecule has 3 rings (SSSR count). The topological polar surface area (TPSA) is 66.5 Å². The summed E-state index contributed by atoms with van der Waals surface area (Å²) in [5, 5.41) is 2.97. The highest BCUT2D eigenvalue weighted by atomic mass is 16.2. The maximum atomic E-state index is 12.4. The lowest BCUT2D eigenvalue weighted by atomic mass is 9.85. The number of nitrogens with zero attached hydrogens (tertiary/aromatic N) is 1. The van der Waals surface area contributed by atoms with Crippen molar-refractivity contribution in [2.45, 2.75) is 46.5 Å². The van der Waals surface area contributed by atoms with Crippen LogP contribution in [0.15, 0.2) is 24.3 Å².